The van der Waals surface area contributed by atoms with E-state index in [1.54, 1.807) is 0 Å². The number of hydrogen-bond acceptors (Lipinski definition) is 10. The molecule has 5 aromatic rings. The highest BCUT2D eigenvalue weighted by atomic mass is 32.1. The van der Waals surface area contributed by atoms with Crippen molar-refractivity contribution >= 4 is 82.2 Å². The van der Waals surface area contributed by atoms with Gasteiger partial charge in [-0.1, -0.05) is 125 Å². The van der Waals surface area contributed by atoms with E-state index in [1.165, 1.54) is 41.8 Å². The molecular weight excluding hydrogens is 979 g/mol. The van der Waals surface area contributed by atoms with E-state index >= 15 is 0 Å². The van der Waals surface area contributed by atoms with Crippen molar-refractivity contribution in [1.29, 1.82) is 0 Å². The van der Waals surface area contributed by atoms with Crippen LogP contribution in [0, 0.1) is 0 Å². The number of allylic oxidation sites excluding steroid dienone is 5. The number of rotatable bonds is 29. The summed E-state index contributed by atoms with van der Waals surface area (Å²) >= 11 is 3.66. The minimum Gasteiger partial charge on any atom is -0.457 e. The van der Waals surface area contributed by atoms with Gasteiger partial charge in [-0.2, -0.15) is 0 Å². The fraction of sp³-hybridized carbons (Fsp3) is 0.364. The molecule has 4 heterocycles. The lowest BCUT2D eigenvalue weighted by molar-refractivity contribution is -0.136. The van der Waals surface area contributed by atoms with Crippen LogP contribution < -0.4 is 9.80 Å². The SMILES string of the molecule is CCCCc1c(/C=C/C2=CC(=C3C(=O)ON=C3c3ccccc3)C=C(/C=C/c3sc(/C=C/c4ccc(N(CC)CCO)cc4)c(CCCC)c3CCCC)O2)sc(/C=C/c2ccc(N(CC)CCO)cc2)c1CCCC. The average Bonchev–Trinajstić information content (AvgIpc) is 4.12. The summed E-state index contributed by atoms with van der Waals surface area (Å²) in [6, 6.07) is 26.9. The number of unbranched alkanes of at least 4 members (excludes halogenated alkanes) is 4. The molecule has 0 bridgehead atoms. The number of aliphatic hydroxyl groups is 2. The smallest absolute Gasteiger partial charge is 0.368 e. The fourth-order valence-electron chi connectivity index (χ4n) is 9.73. The molecule has 10 heteroatoms. The van der Waals surface area contributed by atoms with E-state index < -0.39 is 5.97 Å². The maximum Gasteiger partial charge on any atom is 0.368 e. The Morgan fingerprint density at radius 1 is 0.513 bits per heavy atom. The fourth-order valence-corrected chi connectivity index (χ4v) is 12.1. The van der Waals surface area contributed by atoms with Gasteiger partial charge in [0.15, 0.2) is 0 Å². The quantitative estimate of drug-likeness (QED) is 0.0364. The van der Waals surface area contributed by atoms with E-state index in [1.807, 2.05) is 65.2 Å². The minimum absolute atomic E-state index is 0.126. The highest BCUT2D eigenvalue weighted by Gasteiger charge is 2.31. The van der Waals surface area contributed by atoms with Gasteiger partial charge in [-0.15, -0.1) is 22.7 Å². The number of hydrogen-bond donors (Lipinski definition) is 2. The molecular formula is C66H79N3O5S2. The summed E-state index contributed by atoms with van der Waals surface area (Å²) in [5.41, 5.74) is 12.5. The maximum atomic E-state index is 13.7. The topological polar surface area (TPSA) is 94.8 Å². The predicted octanol–water partition coefficient (Wildman–Crippen LogP) is 15.9. The normalized spacial score (nSPS) is 13.9. The van der Waals surface area contributed by atoms with E-state index in [2.05, 4.69) is 154 Å². The molecule has 7 rings (SSSR count). The number of benzene rings is 3. The molecule has 76 heavy (non-hydrogen) atoms. The number of oxime groups is 1. The summed E-state index contributed by atoms with van der Waals surface area (Å²) in [6.45, 7) is 16.4. The van der Waals surface area contributed by atoms with Crippen molar-refractivity contribution in [2.24, 2.45) is 5.16 Å². The van der Waals surface area contributed by atoms with Crippen molar-refractivity contribution in [1.82, 2.24) is 0 Å². The molecule has 0 aliphatic carbocycles. The summed E-state index contributed by atoms with van der Waals surface area (Å²) < 4.78 is 6.82. The summed E-state index contributed by atoms with van der Waals surface area (Å²) in [6.07, 6.45) is 34.3. The van der Waals surface area contributed by atoms with Crippen molar-refractivity contribution in [2.45, 2.75) is 119 Å². The van der Waals surface area contributed by atoms with E-state index in [0.29, 0.717) is 41.5 Å². The first kappa shape index (κ1) is 57.4. The number of aliphatic hydroxyl groups excluding tert-OH is 2. The van der Waals surface area contributed by atoms with Crippen LogP contribution in [-0.2, 0) is 40.1 Å². The monoisotopic (exact) mass is 1060 g/mol. The van der Waals surface area contributed by atoms with Gasteiger partial charge in [-0.25, -0.2) is 4.79 Å². The van der Waals surface area contributed by atoms with Crippen LogP contribution in [0.2, 0.25) is 0 Å². The second kappa shape index (κ2) is 29.9. The molecule has 0 saturated carbocycles. The number of likely N-dealkylation sites (N-methyl/N-ethyl adjacent to an activating group) is 2. The Labute approximate surface area is 461 Å². The first-order chi connectivity index (χ1) is 37.2. The highest BCUT2D eigenvalue weighted by molar-refractivity contribution is 7.14. The van der Waals surface area contributed by atoms with Crippen molar-refractivity contribution in [3.63, 3.8) is 0 Å². The van der Waals surface area contributed by atoms with Crippen molar-refractivity contribution in [3.05, 3.63) is 184 Å². The first-order valence-electron chi connectivity index (χ1n) is 27.9. The Kier molecular flexibility index (Phi) is 22.5. The molecule has 0 fully saturated rings. The molecule has 400 valence electrons. The largest absolute Gasteiger partial charge is 0.457 e. The van der Waals surface area contributed by atoms with Crippen molar-refractivity contribution in [2.75, 3.05) is 49.2 Å². The van der Waals surface area contributed by atoms with Crippen LogP contribution in [0.4, 0.5) is 11.4 Å². The molecule has 2 aliphatic heterocycles. The Bertz CT molecular complexity index is 2770. The third-order valence-electron chi connectivity index (χ3n) is 14.0. The lowest BCUT2D eigenvalue weighted by Crippen LogP contribution is -2.25. The molecule has 2 N–H and O–H groups in total. The molecule has 0 saturated heterocycles. The zero-order valence-corrected chi connectivity index (χ0v) is 47.4. The summed E-state index contributed by atoms with van der Waals surface area (Å²) in [7, 11) is 0. The summed E-state index contributed by atoms with van der Waals surface area (Å²) in [5, 5.41) is 23.5. The number of carbonyl (C=O) groups excluding carboxylic acids is 1. The summed E-state index contributed by atoms with van der Waals surface area (Å²) in [5.74, 6) is 0.750. The maximum absolute atomic E-state index is 13.7. The van der Waals surface area contributed by atoms with Gasteiger partial charge in [0.1, 0.15) is 17.2 Å². The molecule has 8 nitrogen and oxygen atoms in total. The first-order valence-corrected chi connectivity index (χ1v) is 29.5. The second-order valence-corrected chi connectivity index (χ2v) is 21.5. The molecule has 3 aromatic carbocycles. The van der Waals surface area contributed by atoms with Gasteiger partial charge in [-0.05, 0) is 177 Å². The van der Waals surface area contributed by atoms with Crippen LogP contribution in [0.5, 0.6) is 0 Å². The van der Waals surface area contributed by atoms with Crippen LogP contribution in [-0.4, -0.2) is 61.3 Å². The number of anilines is 2. The van der Waals surface area contributed by atoms with Crippen molar-refractivity contribution in [3.8, 4) is 0 Å². The van der Waals surface area contributed by atoms with Gasteiger partial charge in [0.05, 0.1) is 18.8 Å². The van der Waals surface area contributed by atoms with Crippen LogP contribution in [0.3, 0.4) is 0 Å². The highest BCUT2D eigenvalue weighted by Crippen LogP contribution is 2.38. The lowest BCUT2D eigenvalue weighted by atomic mass is 9.95. The second-order valence-electron chi connectivity index (χ2n) is 19.3. The standard InChI is InChI=1S/C66H79N3O5S2/c1-7-13-22-56-58(24-15-9-3)62(75-60(56)38-30-48-26-32-52(33-27-48)68(11-5)42-44-70)40-36-54-46-51(64-65(67-74-66(64)72)50-20-18-17-19-21-50)47-55(73-54)37-41-63-59(25-16-10-4)57(23-14-8-2)61(76-63)39-31-49-28-34-53(35-29-49)69(12-6)43-45-71/h17-21,26-41,46-47,70-71H,7-16,22-25,42-45H2,1-6H3/b38-30+,39-31+,40-36+,41-37+. The summed E-state index contributed by atoms with van der Waals surface area (Å²) in [4.78, 5) is 28.5. The van der Waals surface area contributed by atoms with Gasteiger partial charge >= 0.3 is 5.97 Å². The Hall–Kier alpha value is -6.30. The molecule has 0 unspecified atom stereocenters. The van der Waals surface area contributed by atoms with Crippen LogP contribution >= 0.6 is 22.7 Å². The molecule has 2 aromatic heterocycles. The van der Waals surface area contributed by atoms with E-state index in [-0.39, 0.29) is 13.2 Å². The molecule has 0 radical (unpaired) electrons. The Morgan fingerprint density at radius 3 is 1.28 bits per heavy atom. The van der Waals surface area contributed by atoms with Crippen molar-refractivity contribution < 1.29 is 24.6 Å². The third kappa shape index (κ3) is 15.2. The third-order valence-corrected chi connectivity index (χ3v) is 16.4. The lowest BCUT2D eigenvalue weighted by Gasteiger charge is -2.21. The van der Waals surface area contributed by atoms with E-state index in [0.717, 1.165) is 118 Å². The average molecular weight is 1060 g/mol. The van der Waals surface area contributed by atoms with Gasteiger partial charge < -0.3 is 29.6 Å². The molecule has 2 aliphatic rings. The van der Waals surface area contributed by atoms with Crippen LogP contribution in [0.15, 0.2) is 131 Å². The van der Waals surface area contributed by atoms with E-state index in [4.69, 9.17) is 9.57 Å². The van der Waals surface area contributed by atoms with Gasteiger partial charge in [0.25, 0.3) is 0 Å². The van der Waals surface area contributed by atoms with E-state index in [9.17, 15) is 15.0 Å². The predicted molar refractivity (Wildman–Crippen MR) is 325 cm³/mol. The van der Waals surface area contributed by atoms with Crippen LogP contribution in [0.25, 0.3) is 36.5 Å². The molecule has 0 spiro atoms. The number of thiophene rings is 2. The number of ether oxygens (including phenoxy) is 1. The molecule has 0 amide bonds. The van der Waals surface area contributed by atoms with Crippen LogP contribution in [0.1, 0.15) is 151 Å². The zero-order valence-electron chi connectivity index (χ0n) is 45.8. The minimum atomic E-state index is -0.492. The molecule has 0 atom stereocenters. The van der Waals surface area contributed by atoms with Gasteiger partial charge in [0.2, 0.25) is 0 Å². The number of carbonyl (C=O) groups is 1. The zero-order chi connectivity index (χ0) is 53.7. The van der Waals surface area contributed by atoms with Gasteiger partial charge in [0, 0.05) is 62.6 Å². The number of nitrogens with zero attached hydrogens (tertiary/aromatic N) is 3. The Balaban J connectivity index is 1.27. The van der Waals surface area contributed by atoms with Gasteiger partial charge in [-0.3, -0.25) is 0 Å². The Morgan fingerprint density at radius 2 is 0.908 bits per heavy atom.